The molecule has 0 heterocycles. The van der Waals surface area contributed by atoms with Crippen LogP contribution < -0.4 is 0 Å². The van der Waals surface area contributed by atoms with Gasteiger partial charge in [0.05, 0.1) is 0 Å². The van der Waals surface area contributed by atoms with Crippen LogP contribution in [0, 0.1) is 5.92 Å². The molecule has 0 radical (unpaired) electrons. The Kier molecular flexibility index (Phi) is 8.59. The maximum absolute atomic E-state index is 13.8. The molecule has 1 aliphatic carbocycles. The molecule has 178 valence electrons. The molecule has 1 atom stereocenters. The molecule has 0 spiro atoms. The third-order valence-electron chi connectivity index (χ3n) is 4.48. The molecule has 0 aromatic heterocycles. The molecule has 4 nitrogen and oxygen atoms in total. The number of ketones is 1. The number of rotatable bonds is 10. The van der Waals surface area contributed by atoms with Crippen molar-refractivity contribution in [2.24, 2.45) is 5.92 Å². The summed E-state index contributed by atoms with van der Waals surface area (Å²) in [6.45, 7) is 1.34. The predicted molar refractivity (Wildman–Crippen MR) is 89.9 cm³/mol. The van der Waals surface area contributed by atoms with Crippen molar-refractivity contribution >= 4 is 27.1 Å². The molecular weight excluding hydrogens is 479 g/mol. The Labute approximate surface area is 170 Å². The van der Waals surface area contributed by atoms with Crippen LogP contribution in [0.25, 0.3) is 0 Å². The zero-order valence-corrected chi connectivity index (χ0v) is 17.2. The smallest absolute Gasteiger partial charge is 0.294 e. The summed E-state index contributed by atoms with van der Waals surface area (Å²) < 4.78 is 145. The first kappa shape index (κ1) is 27.3. The summed E-state index contributed by atoms with van der Waals surface area (Å²) in [5, 5.41) is -6.91. The Morgan fingerprint density at radius 1 is 0.933 bits per heavy atom. The van der Waals surface area contributed by atoms with Gasteiger partial charge >= 0.3 is 33.4 Å². The van der Waals surface area contributed by atoms with Gasteiger partial charge < -0.3 is 0 Å². The molecule has 0 aliphatic heterocycles. The molecule has 0 bridgehead atoms. The van der Waals surface area contributed by atoms with E-state index in [4.69, 9.17) is 0 Å². The number of hydrogen-bond acceptors (Lipinski definition) is 4. The lowest BCUT2D eigenvalue weighted by Crippen LogP contribution is -2.63. The average molecular weight is 499 g/mol. The summed E-state index contributed by atoms with van der Waals surface area (Å²) >= 11 is -2.23. The predicted octanol–water partition coefficient (Wildman–Crippen LogP) is 4.85. The van der Waals surface area contributed by atoms with E-state index in [1.54, 1.807) is 0 Å². The van der Waals surface area contributed by atoms with E-state index in [2.05, 4.69) is 3.63 Å². The summed E-state index contributed by atoms with van der Waals surface area (Å²) in [4.78, 5) is 11.6. The van der Waals surface area contributed by atoms with Crippen molar-refractivity contribution in [2.75, 3.05) is 11.5 Å². The van der Waals surface area contributed by atoms with Gasteiger partial charge in [0.15, 0.2) is 17.0 Å². The molecule has 0 amide bonds. The molecule has 0 aromatic rings. The van der Waals surface area contributed by atoms with E-state index < -0.39 is 56.1 Å². The van der Waals surface area contributed by atoms with Gasteiger partial charge in [0, 0.05) is 12.3 Å². The second kappa shape index (κ2) is 9.43. The Bertz CT molecular complexity index is 701. The van der Waals surface area contributed by atoms with Gasteiger partial charge in [-0.2, -0.15) is 47.9 Å². The monoisotopic (exact) mass is 499 g/mol. The highest BCUT2D eigenvalue weighted by Crippen LogP contribution is 2.55. The first-order valence-electron chi connectivity index (χ1n) is 8.74. The molecule has 1 aliphatic rings. The largest absolute Gasteiger partial charge is 0.460 e. The molecule has 0 saturated heterocycles. The highest BCUT2D eigenvalue weighted by molar-refractivity contribution is 8.03. The van der Waals surface area contributed by atoms with Crippen molar-refractivity contribution in [1.29, 1.82) is 0 Å². The second-order valence-corrected chi connectivity index (χ2v) is 10.3. The lowest BCUT2D eigenvalue weighted by atomic mass is 9.91. The Hall–Kier alpha value is -0.700. The van der Waals surface area contributed by atoms with Crippen LogP contribution in [0.2, 0.25) is 0 Å². The van der Waals surface area contributed by atoms with Gasteiger partial charge in [0.2, 0.25) is 5.75 Å². The lowest BCUT2D eigenvalue weighted by molar-refractivity contribution is -0.382. The molecule has 15 heteroatoms. The van der Waals surface area contributed by atoms with E-state index in [0.717, 1.165) is 6.42 Å². The van der Waals surface area contributed by atoms with Crippen molar-refractivity contribution in [3.8, 4) is 0 Å². The number of halogens is 9. The van der Waals surface area contributed by atoms with Crippen molar-refractivity contribution in [3.05, 3.63) is 0 Å². The second-order valence-electron chi connectivity index (χ2n) is 6.83. The summed E-state index contributed by atoms with van der Waals surface area (Å²) in [6.07, 6.45) is -4.09. The molecule has 1 fully saturated rings. The molecule has 0 aromatic carbocycles. The maximum Gasteiger partial charge on any atom is 0.460 e. The Morgan fingerprint density at radius 3 is 1.87 bits per heavy atom. The van der Waals surface area contributed by atoms with Crippen LogP contribution in [0.1, 0.15) is 45.4 Å². The van der Waals surface area contributed by atoms with Crippen LogP contribution in [0.4, 0.5) is 39.5 Å². The summed E-state index contributed by atoms with van der Waals surface area (Å²) in [5.41, 5.74) is 0. The summed E-state index contributed by atoms with van der Waals surface area (Å²) in [5.74, 6) is -16.8. The van der Waals surface area contributed by atoms with Gasteiger partial charge in [0.1, 0.15) is 5.75 Å². The van der Waals surface area contributed by atoms with E-state index in [-0.39, 0.29) is 18.1 Å². The van der Waals surface area contributed by atoms with Crippen LogP contribution in [0.15, 0.2) is 0 Å². The zero-order chi connectivity index (χ0) is 23.6. The highest BCUT2D eigenvalue weighted by Gasteiger charge is 2.86. The quantitative estimate of drug-likeness (QED) is 0.319. The number of carbonyl (C=O) groups excluding carboxylic acids is 1. The third-order valence-corrected chi connectivity index (χ3v) is 8.34. The maximum atomic E-state index is 13.8. The van der Waals surface area contributed by atoms with Crippen LogP contribution in [-0.2, 0) is 29.7 Å². The minimum atomic E-state index is -7.36. The Morgan fingerprint density at radius 2 is 1.43 bits per heavy atom. The van der Waals surface area contributed by atoms with Gasteiger partial charge in [-0.25, -0.2) is 0 Å². The van der Waals surface area contributed by atoms with Crippen LogP contribution in [0.5, 0.6) is 0 Å². The molecule has 1 saturated carbocycles. The first-order chi connectivity index (χ1) is 13.4. The molecular formula is C15H20F9O4S2+. The van der Waals surface area contributed by atoms with Crippen molar-refractivity contribution in [1.82, 2.24) is 0 Å². The highest BCUT2D eigenvalue weighted by atomic mass is 32.3. The fraction of sp³-hybridized carbons (Fsp3) is 0.933. The van der Waals surface area contributed by atoms with E-state index in [0.29, 0.717) is 25.7 Å². The number of Topliss-reactive ketones (excluding diaryl/α,β-unsaturated/α-hetero) is 1. The van der Waals surface area contributed by atoms with Gasteiger partial charge in [-0.15, -0.1) is 0 Å². The SMILES string of the molecule is CCC(=O)C[S+](CC1CCCCC1)OS(=O)(=O)C(F)(F)C(F)(F)C(F)(F)C(F)(F)F. The van der Waals surface area contributed by atoms with Gasteiger partial charge in [-0.1, -0.05) is 26.2 Å². The third kappa shape index (κ3) is 5.56. The van der Waals surface area contributed by atoms with Crippen LogP contribution in [-0.4, -0.2) is 49.0 Å². The van der Waals surface area contributed by atoms with E-state index in [1.807, 2.05) is 0 Å². The molecule has 30 heavy (non-hydrogen) atoms. The fourth-order valence-corrected chi connectivity index (χ4v) is 6.45. The van der Waals surface area contributed by atoms with Crippen molar-refractivity contribution in [3.63, 3.8) is 0 Å². The van der Waals surface area contributed by atoms with Gasteiger partial charge in [0.25, 0.3) is 0 Å². The first-order valence-corrected chi connectivity index (χ1v) is 11.6. The van der Waals surface area contributed by atoms with Crippen molar-refractivity contribution < 1.29 is 56.4 Å². The van der Waals surface area contributed by atoms with Crippen molar-refractivity contribution in [2.45, 2.75) is 68.7 Å². The molecule has 0 N–H and O–H groups in total. The molecule has 1 unspecified atom stereocenters. The average Bonchev–Trinajstić information content (AvgIpc) is 2.60. The van der Waals surface area contributed by atoms with Gasteiger partial charge in [-0.3, -0.25) is 4.79 Å². The standard InChI is InChI=1S/C15H20F9O4S2/c1-2-11(25)9-29(8-10-6-4-3-5-7-10)28-30(26,27)15(23,24)13(18,19)12(16,17)14(20,21)22/h10H,2-9H2,1H3/q+1. The zero-order valence-electron chi connectivity index (χ0n) is 15.6. The molecule has 1 rings (SSSR count). The topological polar surface area (TPSA) is 60.4 Å². The fourth-order valence-electron chi connectivity index (χ4n) is 2.70. The Balaban J connectivity index is 3.20. The van der Waals surface area contributed by atoms with Gasteiger partial charge in [-0.05, 0) is 16.5 Å². The minimum absolute atomic E-state index is 0.184. The minimum Gasteiger partial charge on any atom is -0.294 e. The van der Waals surface area contributed by atoms with E-state index >= 15 is 0 Å². The van der Waals surface area contributed by atoms with E-state index in [9.17, 15) is 52.7 Å². The summed E-state index contributed by atoms with van der Waals surface area (Å²) in [6, 6.07) is 0. The normalized spacial score (nSPS) is 19.0. The number of alkyl halides is 9. The lowest BCUT2D eigenvalue weighted by Gasteiger charge is -2.32. The van der Waals surface area contributed by atoms with E-state index in [1.165, 1.54) is 6.92 Å². The van der Waals surface area contributed by atoms with Crippen LogP contribution >= 0.6 is 0 Å². The van der Waals surface area contributed by atoms with Crippen LogP contribution in [0.3, 0.4) is 0 Å². The number of hydrogen-bond donors (Lipinski definition) is 0. The summed E-state index contributed by atoms with van der Waals surface area (Å²) in [7, 11) is -6.97. The number of carbonyl (C=O) groups is 1.